The SMILES string of the molecule is Cc1ccc2nc3c(c(-c4ccc(F)cc4)c2c1)C(=O)c1ccccc1C3=O. The van der Waals surface area contributed by atoms with Crippen molar-refractivity contribution in [3.8, 4) is 11.1 Å². The van der Waals surface area contributed by atoms with Crippen LogP contribution in [-0.4, -0.2) is 16.6 Å². The van der Waals surface area contributed by atoms with Gasteiger partial charge in [-0.15, -0.1) is 0 Å². The summed E-state index contributed by atoms with van der Waals surface area (Å²) in [5, 5.41) is 0.769. The number of benzene rings is 3. The molecule has 134 valence electrons. The minimum Gasteiger partial charge on any atom is -0.288 e. The molecule has 0 N–H and O–H groups in total. The lowest BCUT2D eigenvalue weighted by atomic mass is 9.81. The van der Waals surface area contributed by atoms with Crippen molar-refractivity contribution < 1.29 is 14.0 Å². The number of aromatic nitrogens is 1. The second-order valence-corrected chi connectivity index (χ2v) is 6.94. The van der Waals surface area contributed by atoms with E-state index in [0.717, 1.165) is 10.9 Å². The predicted octanol–water partition coefficient (Wildman–Crippen LogP) is 5.12. The van der Waals surface area contributed by atoms with Crippen LogP contribution in [0, 0.1) is 12.7 Å². The average molecular weight is 367 g/mol. The molecule has 0 aliphatic heterocycles. The number of ketones is 2. The number of aryl methyl sites for hydroxylation is 1. The van der Waals surface area contributed by atoms with Gasteiger partial charge in [-0.1, -0.05) is 48.0 Å². The highest BCUT2D eigenvalue weighted by atomic mass is 19.1. The van der Waals surface area contributed by atoms with Gasteiger partial charge in [-0.05, 0) is 36.8 Å². The number of hydrogen-bond donors (Lipinski definition) is 0. The summed E-state index contributed by atoms with van der Waals surface area (Å²) in [6.07, 6.45) is 0. The van der Waals surface area contributed by atoms with Gasteiger partial charge in [0, 0.05) is 22.1 Å². The molecule has 0 atom stereocenters. The molecule has 1 aliphatic rings. The summed E-state index contributed by atoms with van der Waals surface area (Å²) in [6, 6.07) is 18.5. The number of hydrogen-bond acceptors (Lipinski definition) is 3. The molecule has 0 bridgehead atoms. The third-order valence-corrected chi connectivity index (χ3v) is 5.13. The molecule has 0 fully saturated rings. The quantitative estimate of drug-likeness (QED) is 0.413. The smallest absolute Gasteiger partial charge is 0.212 e. The van der Waals surface area contributed by atoms with E-state index in [-0.39, 0.29) is 28.6 Å². The van der Waals surface area contributed by atoms with Crippen molar-refractivity contribution in [1.29, 1.82) is 0 Å². The van der Waals surface area contributed by atoms with E-state index in [1.54, 1.807) is 36.4 Å². The number of fused-ring (bicyclic) bond motifs is 3. The maximum atomic E-state index is 13.5. The second-order valence-electron chi connectivity index (χ2n) is 6.94. The lowest BCUT2D eigenvalue weighted by molar-refractivity contribution is 0.0976. The maximum absolute atomic E-state index is 13.5. The number of rotatable bonds is 1. The van der Waals surface area contributed by atoms with Crippen molar-refractivity contribution in [2.75, 3.05) is 0 Å². The Hall–Kier alpha value is -3.66. The maximum Gasteiger partial charge on any atom is 0.212 e. The molecule has 0 radical (unpaired) electrons. The number of pyridine rings is 1. The van der Waals surface area contributed by atoms with Gasteiger partial charge in [0.15, 0.2) is 5.78 Å². The van der Waals surface area contributed by atoms with E-state index >= 15 is 0 Å². The van der Waals surface area contributed by atoms with Crippen molar-refractivity contribution in [3.63, 3.8) is 0 Å². The number of carbonyl (C=O) groups excluding carboxylic acids is 2. The fourth-order valence-corrected chi connectivity index (χ4v) is 3.82. The minimum atomic E-state index is -0.361. The zero-order chi connectivity index (χ0) is 19.4. The van der Waals surface area contributed by atoms with Crippen molar-refractivity contribution in [3.05, 3.63) is 100 Å². The summed E-state index contributed by atoms with van der Waals surface area (Å²) >= 11 is 0. The van der Waals surface area contributed by atoms with Crippen molar-refractivity contribution in [2.45, 2.75) is 6.92 Å². The van der Waals surface area contributed by atoms with Gasteiger partial charge in [0.2, 0.25) is 5.78 Å². The highest BCUT2D eigenvalue weighted by Gasteiger charge is 2.34. The Morgan fingerprint density at radius 2 is 1.46 bits per heavy atom. The third-order valence-electron chi connectivity index (χ3n) is 5.13. The van der Waals surface area contributed by atoms with Gasteiger partial charge in [-0.3, -0.25) is 9.59 Å². The molecule has 0 spiro atoms. The van der Waals surface area contributed by atoms with Gasteiger partial charge in [-0.2, -0.15) is 0 Å². The average Bonchev–Trinajstić information content (AvgIpc) is 2.71. The highest BCUT2D eigenvalue weighted by Crippen LogP contribution is 2.38. The molecule has 1 heterocycles. The Balaban J connectivity index is 1.94. The first-order chi connectivity index (χ1) is 13.5. The van der Waals surface area contributed by atoms with Crippen LogP contribution in [0.5, 0.6) is 0 Å². The van der Waals surface area contributed by atoms with E-state index in [0.29, 0.717) is 27.8 Å². The van der Waals surface area contributed by atoms with Gasteiger partial charge in [0.25, 0.3) is 0 Å². The van der Waals surface area contributed by atoms with Crippen molar-refractivity contribution in [1.82, 2.24) is 4.98 Å². The topological polar surface area (TPSA) is 47.0 Å². The summed E-state index contributed by atoms with van der Waals surface area (Å²) in [7, 11) is 0. The summed E-state index contributed by atoms with van der Waals surface area (Å²) in [6.45, 7) is 1.95. The molecule has 0 amide bonds. The molecule has 3 nitrogen and oxygen atoms in total. The van der Waals surface area contributed by atoms with E-state index < -0.39 is 0 Å². The van der Waals surface area contributed by atoms with E-state index in [9.17, 15) is 14.0 Å². The molecule has 0 unspecified atom stereocenters. The van der Waals surface area contributed by atoms with Crippen LogP contribution in [0.15, 0.2) is 66.7 Å². The second kappa shape index (κ2) is 5.92. The Morgan fingerprint density at radius 1 is 0.786 bits per heavy atom. The molecular weight excluding hydrogens is 353 g/mol. The molecule has 4 aromatic rings. The van der Waals surface area contributed by atoms with Crippen LogP contribution in [0.1, 0.15) is 37.5 Å². The fraction of sp³-hybridized carbons (Fsp3) is 0.0417. The van der Waals surface area contributed by atoms with Gasteiger partial charge < -0.3 is 0 Å². The molecular formula is C24H14FNO2. The van der Waals surface area contributed by atoms with Crippen LogP contribution >= 0.6 is 0 Å². The van der Waals surface area contributed by atoms with E-state index in [1.165, 1.54) is 12.1 Å². The minimum absolute atomic E-state index is 0.152. The van der Waals surface area contributed by atoms with E-state index in [1.807, 2.05) is 25.1 Å². The van der Waals surface area contributed by atoms with Crippen LogP contribution in [0.4, 0.5) is 4.39 Å². The lowest BCUT2D eigenvalue weighted by Gasteiger charge is -2.21. The third kappa shape index (κ3) is 2.31. The molecule has 5 rings (SSSR count). The standard InChI is InChI=1S/C24H14FNO2/c1-13-6-11-19-18(12-13)20(14-7-9-15(25)10-8-14)21-22(26-19)24(28)17-5-3-2-4-16(17)23(21)27/h2-12H,1H3. The van der Waals surface area contributed by atoms with Crippen LogP contribution in [-0.2, 0) is 0 Å². The largest absolute Gasteiger partial charge is 0.288 e. The molecule has 0 saturated heterocycles. The van der Waals surface area contributed by atoms with Crippen LogP contribution in [0.25, 0.3) is 22.0 Å². The van der Waals surface area contributed by atoms with E-state index in [2.05, 4.69) is 4.98 Å². The summed E-state index contributed by atoms with van der Waals surface area (Å²) in [5.41, 5.74) is 4.11. The Labute approximate surface area is 160 Å². The molecule has 3 aromatic carbocycles. The predicted molar refractivity (Wildman–Crippen MR) is 105 cm³/mol. The van der Waals surface area contributed by atoms with Gasteiger partial charge in [-0.25, -0.2) is 9.37 Å². The normalized spacial score (nSPS) is 12.8. The van der Waals surface area contributed by atoms with Gasteiger partial charge in [0.1, 0.15) is 11.5 Å². The molecule has 1 aliphatic carbocycles. The summed E-state index contributed by atoms with van der Waals surface area (Å²) in [5.74, 6) is -0.864. The van der Waals surface area contributed by atoms with E-state index in [4.69, 9.17) is 0 Å². The first-order valence-corrected chi connectivity index (χ1v) is 8.93. The molecule has 28 heavy (non-hydrogen) atoms. The van der Waals surface area contributed by atoms with Gasteiger partial charge >= 0.3 is 0 Å². The molecule has 1 aromatic heterocycles. The lowest BCUT2D eigenvalue weighted by Crippen LogP contribution is -2.23. The summed E-state index contributed by atoms with van der Waals surface area (Å²) in [4.78, 5) is 31.1. The Kier molecular flexibility index (Phi) is 3.49. The van der Waals surface area contributed by atoms with Crippen LogP contribution in [0.3, 0.4) is 0 Å². The van der Waals surface area contributed by atoms with Gasteiger partial charge in [0.05, 0.1) is 11.1 Å². The zero-order valence-corrected chi connectivity index (χ0v) is 15.0. The van der Waals surface area contributed by atoms with Crippen LogP contribution < -0.4 is 0 Å². The number of carbonyl (C=O) groups is 2. The Bertz CT molecular complexity index is 1310. The first-order valence-electron chi connectivity index (χ1n) is 8.93. The van der Waals surface area contributed by atoms with Crippen molar-refractivity contribution in [2.24, 2.45) is 0 Å². The fourth-order valence-electron chi connectivity index (χ4n) is 3.82. The zero-order valence-electron chi connectivity index (χ0n) is 15.0. The number of halogens is 1. The first kappa shape index (κ1) is 16.5. The molecule has 0 saturated carbocycles. The molecule has 4 heteroatoms. The van der Waals surface area contributed by atoms with Crippen molar-refractivity contribution >= 4 is 22.5 Å². The summed E-state index contributed by atoms with van der Waals surface area (Å²) < 4.78 is 13.5. The highest BCUT2D eigenvalue weighted by molar-refractivity contribution is 6.31. The monoisotopic (exact) mass is 367 g/mol. The number of nitrogens with zero attached hydrogens (tertiary/aromatic N) is 1. The Morgan fingerprint density at radius 3 is 2.18 bits per heavy atom. The van der Waals surface area contributed by atoms with Crippen LogP contribution in [0.2, 0.25) is 0 Å².